The van der Waals surface area contributed by atoms with Gasteiger partial charge in [-0.05, 0) is 0 Å². The van der Waals surface area contributed by atoms with E-state index in [-0.39, 0.29) is 5.41 Å². The number of aromatic amines is 1. The van der Waals surface area contributed by atoms with E-state index in [1.54, 1.807) is 6.20 Å². The van der Waals surface area contributed by atoms with Crippen molar-refractivity contribution in [1.29, 1.82) is 0 Å². The largest absolute Gasteiger partial charge is 0.339 e. The molecule has 0 spiro atoms. The van der Waals surface area contributed by atoms with Crippen molar-refractivity contribution in [1.82, 2.24) is 19.9 Å². The fourth-order valence-corrected chi connectivity index (χ4v) is 1.12. The predicted molar refractivity (Wildman–Crippen MR) is 50.4 cm³/mol. The number of fused-ring (bicyclic) bond motifs is 1. The van der Waals surface area contributed by atoms with Crippen LogP contribution in [0.25, 0.3) is 11.2 Å². The molecule has 0 radical (unpaired) electrons. The summed E-state index contributed by atoms with van der Waals surface area (Å²) < 4.78 is 0. The van der Waals surface area contributed by atoms with Gasteiger partial charge in [0.1, 0.15) is 17.7 Å². The second-order valence-electron chi connectivity index (χ2n) is 4.10. The van der Waals surface area contributed by atoms with Crippen LogP contribution in [0.2, 0.25) is 0 Å². The van der Waals surface area contributed by atoms with Crippen molar-refractivity contribution in [3.05, 3.63) is 18.3 Å². The summed E-state index contributed by atoms with van der Waals surface area (Å²) >= 11 is 0. The Balaban J connectivity index is 2.63. The van der Waals surface area contributed by atoms with Gasteiger partial charge in [0, 0.05) is 5.41 Å². The third-order valence-electron chi connectivity index (χ3n) is 1.87. The molecular formula is C9H12N4. The smallest absolute Gasteiger partial charge is 0.180 e. The summed E-state index contributed by atoms with van der Waals surface area (Å²) in [4.78, 5) is 15.6. The molecule has 0 bridgehead atoms. The molecule has 0 aliphatic rings. The minimum Gasteiger partial charge on any atom is -0.339 e. The second kappa shape index (κ2) is 2.52. The van der Waals surface area contributed by atoms with Crippen LogP contribution >= 0.6 is 0 Å². The Bertz CT molecular complexity index is 391. The Morgan fingerprint density at radius 2 is 2.08 bits per heavy atom. The minimum absolute atomic E-state index is 0.0285. The third-order valence-corrected chi connectivity index (χ3v) is 1.87. The van der Waals surface area contributed by atoms with Gasteiger partial charge in [-0.2, -0.15) is 0 Å². The van der Waals surface area contributed by atoms with Gasteiger partial charge >= 0.3 is 0 Å². The molecule has 0 aromatic carbocycles. The molecule has 0 unspecified atom stereocenters. The van der Waals surface area contributed by atoms with Crippen LogP contribution in [0.4, 0.5) is 0 Å². The molecule has 0 atom stereocenters. The molecule has 4 heteroatoms. The van der Waals surface area contributed by atoms with E-state index in [0.717, 1.165) is 17.0 Å². The summed E-state index contributed by atoms with van der Waals surface area (Å²) in [5.41, 5.74) is 1.66. The van der Waals surface area contributed by atoms with E-state index in [4.69, 9.17) is 0 Å². The van der Waals surface area contributed by atoms with Crippen molar-refractivity contribution >= 4 is 11.2 Å². The Morgan fingerprint density at radius 1 is 1.31 bits per heavy atom. The van der Waals surface area contributed by atoms with Crippen molar-refractivity contribution < 1.29 is 0 Å². The fraction of sp³-hybridized carbons (Fsp3) is 0.444. The zero-order chi connectivity index (χ0) is 9.47. The van der Waals surface area contributed by atoms with Gasteiger partial charge in [-0.15, -0.1) is 0 Å². The Morgan fingerprint density at radius 3 is 2.69 bits per heavy atom. The Kier molecular flexibility index (Phi) is 1.58. The molecule has 2 aromatic heterocycles. The molecule has 4 nitrogen and oxygen atoms in total. The quantitative estimate of drug-likeness (QED) is 0.664. The second-order valence-corrected chi connectivity index (χ2v) is 4.10. The summed E-state index contributed by atoms with van der Waals surface area (Å²) in [7, 11) is 0. The van der Waals surface area contributed by atoms with E-state index >= 15 is 0 Å². The molecule has 0 aliphatic carbocycles. The van der Waals surface area contributed by atoms with Crippen LogP contribution in [0, 0.1) is 0 Å². The summed E-state index contributed by atoms with van der Waals surface area (Å²) in [6, 6.07) is 0. The number of hydrogen-bond acceptors (Lipinski definition) is 3. The lowest BCUT2D eigenvalue weighted by atomic mass is 9.96. The monoisotopic (exact) mass is 176 g/mol. The molecule has 2 aromatic rings. The molecule has 13 heavy (non-hydrogen) atoms. The normalized spacial score (nSPS) is 12.2. The number of rotatable bonds is 0. The van der Waals surface area contributed by atoms with Crippen molar-refractivity contribution in [3.8, 4) is 0 Å². The lowest BCUT2D eigenvalue weighted by Crippen LogP contribution is -2.12. The van der Waals surface area contributed by atoms with Crippen LogP contribution in [-0.4, -0.2) is 19.9 Å². The van der Waals surface area contributed by atoms with Crippen molar-refractivity contribution in [2.45, 2.75) is 26.2 Å². The van der Waals surface area contributed by atoms with E-state index in [1.165, 1.54) is 6.33 Å². The van der Waals surface area contributed by atoms with E-state index in [1.807, 2.05) is 0 Å². The van der Waals surface area contributed by atoms with Gasteiger partial charge in [0.25, 0.3) is 0 Å². The van der Waals surface area contributed by atoms with Crippen LogP contribution in [0.3, 0.4) is 0 Å². The van der Waals surface area contributed by atoms with Gasteiger partial charge in [0.05, 0.1) is 6.20 Å². The van der Waals surface area contributed by atoms with Gasteiger partial charge in [-0.1, -0.05) is 20.8 Å². The van der Waals surface area contributed by atoms with Crippen LogP contribution < -0.4 is 0 Å². The zero-order valence-electron chi connectivity index (χ0n) is 8.00. The summed E-state index contributed by atoms with van der Waals surface area (Å²) in [5, 5.41) is 0. The standard InChI is InChI=1S/C9H12N4/c1-9(2,3)8-12-6-4-10-5-11-7(6)13-8/h4-5H,1-3H3,(H,10,11,12,13). The lowest BCUT2D eigenvalue weighted by molar-refractivity contribution is 0.554. The first-order valence-corrected chi connectivity index (χ1v) is 4.23. The van der Waals surface area contributed by atoms with Crippen molar-refractivity contribution in [2.75, 3.05) is 0 Å². The van der Waals surface area contributed by atoms with E-state index in [2.05, 4.69) is 40.7 Å². The SMILES string of the molecule is CC(C)(C)c1nc2ncncc2[nH]1. The van der Waals surface area contributed by atoms with E-state index in [0.29, 0.717) is 0 Å². The number of aromatic nitrogens is 4. The maximum absolute atomic E-state index is 4.38. The molecule has 0 saturated heterocycles. The maximum Gasteiger partial charge on any atom is 0.180 e. The molecule has 0 amide bonds. The summed E-state index contributed by atoms with van der Waals surface area (Å²) in [6.07, 6.45) is 3.25. The summed E-state index contributed by atoms with van der Waals surface area (Å²) in [6.45, 7) is 6.33. The number of nitrogens with one attached hydrogen (secondary N) is 1. The number of imidazole rings is 1. The molecule has 2 rings (SSSR count). The molecular weight excluding hydrogens is 164 g/mol. The van der Waals surface area contributed by atoms with Crippen LogP contribution in [-0.2, 0) is 5.41 Å². The zero-order valence-corrected chi connectivity index (χ0v) is 8.00. The van der Waals surface area contributed by atoms with Gasteiger partial charge < -0.3 is 4.98 Å². The van der Waals surface area contributed by atoms with Crippen molar-refractivity contribution in [3.63, 3.8) is 0 Å². The van der Waals surface area contributed by atoms with E-state index in [9.17, 15) is 0 Å². The topological polar surface area (TPSA) is 54.5 Å². The van der Waals surface area contributed by atoms with Crippen LogP contribution in [0.5, 0.6) is 0 Å². The van der Waals surface area contributed by atoms with Gasteiger partial charge in [0.15, 0.2) is 5.65 Å². The maximum atomic E-state index is 4.38. The highest BCUT2D eigenvalue weighted by molar-refractivity contribution is 5.68. The first-order chi connectivity index (χ1) is 6.07. The van der Waals surface area contributed by atoms with Crippen LogP contribution in [0.1, 0.15) is 26.6 Å². The molecule has 1 N–H and O–H groups in total. The molecule has 0 saturated carbocycles. The molecule has 0 aliphatic heterocycles. The van der Waals surface area contributed by atoms with Gasteiger partial charge in [0.2, 0.25) is 0 Å². The average molecular weight is 176 g/mol. The Hall–Kier alpha value is -1.45. The number of hydrogen-bond donors (Lipinski definition) is 1. The summed E-state index contributed by atoms with van der Waals surface area (Å²) in [5.74, 6) is 0.947. The molecule has 2 heterocycles. The Labute approximate surface area is 76.4 Å². The first-order valence-electron chi connectivity index (χ1n) is 4.23. The fourth-order valence-electron chi connectivity index (χ4n) is 1.12. The third kappa shape index (κ3) is 1.39. The lowest BCUT2D eigenvalue weighted by Gasteiger charge is -2.13. The average Bonchev–Trinajstić information content (AvgIpc) is 2.45. The molecule has 68 valence electrons. The van der Waals surface area contributed by atoms with Gasteiger partial charge in [-0.3, -0.25) is 0 Å². The highest BCUT2D eigenvalue weighted by atomic mass is 15.0. The predicted octanol–water partition coefficient (Wildman–Crippen LogP) is 1.65. The van der Waals surface area contributed by atoms with Gasteiger partial charge in [-0.25, -0.2) is 15.0 Å². The highest BCUT2D eigenvalue weighted by Crippen LogP contribution is 2.20. The van der Waals surface area contributed by atoms with Crippen LogP contribution in [0.15, 0.2) is 12.5 Å². The highest BCUT2D eigenvalue weighted by Gasteiger charge is 2.18. The van der Waals surface area contributed by atoms with E-state index < -0.39 is 0 Å². The number of nitrogens with zero attached hydrogens (tertiary/aromatic N) is 3. The van der Waals surface area contributed by atoms with Crippen molar-refractivity contribution in [2.24, 2.45) is 0 Å². The number of H-pyrrole nitrogens is 1. The minimum atomic E-state index is 0.0285. The molecule has 0 fully saturated rings. The first kappa shape index (κ1) is 8.16.